The van der Waals surface area contributed by atoms with Gasteiger partial charge in [0.1, 0.15) is 0 Å². The lowest BCUT2D eigenvalue weighted by Crippen LogP contribution is -2.38. The molecular formula is C13H13NO2. The second-order valence-corrected chi connectivity index (χ2v) is 5.01. The normalized spacial score (nSPS) is 38.6. The van der Waals surface area contributed by atoms with Crippen LogP contribution < -0.4 is 0 Å². The maximum absolute atomic E-state index is 12.2. The van der Waals surface area contributed by atoms with Crippen LogP contribution in [0.4, 0.5) is 0 Å². The Morgan fingerprint density at radius 3 is 2.69 bits per heavy atom. The highest BCUT2D eigenvalue weighted by molar-refractivity contribution is 5.94. The molecule has 16 heavy (non-hydrogen) atoms. The topological polar surface area (TPSA) is 29.5 Å². The van der Waals surface area contributed by atoms with E-state index >= 15 is 0 Å². The molecule has 1 aliphatic heterocycles. The quantitative estimate of drug-likeness (QED) is 0.715. The van der Waals surface area contributed by atoms with Crippen LogP contribution in [0.5, 0.6) is 0 Å². The number of rotatable bonds is 1. The average molecular weight is 215 g/mol. The summed E-state index contributed by atoms with van der Waals surface area (Å²) in [5.41, 5.74) is 0.729. The molecule has 3 nitrogen and oxygen atoms in total. The van der Waals surface area contributed by atoms with Gasteiger partial charge in [-0.15, -0.1) is 0 Å². The Balaban J connectivity index is 1.61. The maximum Gasteiger partial charge on any atom is 0.277 e. The fourth-order valence-electron chi connectivity index (χ4n) is 3.21. The van der Waals surface area contributed by atoms with E-state index < -0.39 is 0 Å². The molecule has 2 saturated carbocycles. The van der Waals surface area contributed by atoms with Gasteiger partial charge in [0.2, 0.25) is 0 Å². The second kappa shape index (κ2) is 2.86. The van der Waals surface area contributed by atoms with E-state index in [0.717, 1.165) is 23.8 Å². The van der Waals surface area contributed by atoms with E-state index in [9.17, 15) is 4.79 Å². The Bertz CT molecular complexity index is 445. The monoisotopic (exact) mass is 215 g/mol. The fourth-order valence-corrected chi connectivity index (χ4v) is 3.21. The van der Waals surface area contributed by atoms with Crippen molar-refractivity contribution in [2.24, 2.45) is 11.8 Å². The zero-order valence-corrected chi connectivity index (χ0v) is 8.87. The van der Waals surface area contributed by atoms with Crippen LogP contribution in [0.3, 0.4) is 0 Å². The summed E-state index contributed by atoms with van der Waals surface area (Å²) in [4.78, 5) is 17.9. The van der Waals surface area contributed by atoms with E-state index in [1.807, 2.05) is 30.3 Å². The van der Waals surface area contributed by atoms with E-state index in [-0.39, 0.29) is 5.91 Å². The number of carbonyl (C=O) groups is 1. The average Bonchev–Trinajstić information content (AvgIpc) is 2.95. The molecule has 0 spiro atoms. The Morgan fingerprint density at radius 1 is 1.19 bits per heavy atom. The molecule has 3 aliphatic rings. The van der Waals surface area contributed by atoms with E-state index in [1.54, 1.807) is 5.06 Å². The third-order valence-electron chi connectivity index (χ3n) is 4.11. The van der Waals surface area contributed by atoms with Crippen LogP contribution >= 0.6 is 0 Å². The molecule has 4 atom stereocenters. The summed E-state index contributed by atoms with van der Waals surface area (Å²) < 4.78 is 0. The molecule has 0 radical (unpaired) electrons. The third kappa shape index (κ3) is 1.04. The maximum atomic E-state index is 12.2. The molecule has 1 aromatic carbocycles. The molecule has 0 N–H and O–H groups in total. The van der Waals surface area contributed by atoms with Crippen molar-refractivity contribution in [2.75, 3.05) is 0 Å². The minimum Gasteiger partial charge on any atom is -0.267 e. The van der Waals surface area contributed by atoms with Crippen molar-refractivity contribution in [2.45, 2.75) is 25.0 Å². The summed E-state index contributed by atoms with van der Waals surface area (Å²) in [6.45, 7) is 0. The van der Waals surface area contributed by atoms with Crippen molar-refractivity contribution in [3.05, 3.63) is 35.9 Å². The summed E-state index contributed by atoms with van der Waals surface area (Å²) in [5, 5.41) is 1.63. The highest BCUT2D eigenvalue weighted by atomic mass is 16.7. The second-order valence-electron chi connectivity index (χ2n) is 5.01. The number of hydrogen-bond acceptors (Lipinski definition) is 2. The van der Waals surface area contributed by atoms with Crippen molar-refractivity contribution in [3.63, 3.8) is 0 Å². The predicted molar refractivity (Wildman–Crippen MR) is 57.5 cm³/mol. The van der Waals surface area contributed by atoms with Gasteiger partial charge in [0.05, 0.1) is 12.1 Å². The molecule has 2 aliphatic carbocycles. The van der Waals surface area contributed by atoms with Gasteiger partial charge in [-0.05, 0) is 36.8 Å². The summed E-state index contributed by atoms with van der Waals surface area (Å²) in [6.07, 6.45) is 2.63. The molecular weight excluding hydrogens is 202 g/mol. The van der Waals surface area contributed by atoms with Gasteiger partial charge in [0.15, 0.2) is 0 Å². The van der Waals surface area contributed by atoms with Gasteiger partial charge in [-0.3, -0.25) is 9.63 Å². The summed E-state index contributed by atoms with van der Waals surface area (Å²) in [6, 6.07) is 9.75. The number of hydroxylamine groups is 2. The van der Waals surface area contributed by atoms with E-state index in [2.05, 4.69) is 0 Å². The minimum absolute atomic E-state index is 0.0263. The molecule has 82 valence electrons. The van der Waals surface area contributed by atoms with Gasteiger partial charge in [0.25, 0.3) is 5.91 Å². The summed E-state index contributed by atoms with van der Waals surface area (Å²) in [5.74, 6) is 1.51. The molecule has 1 saturated heterocycles. The van der Waals surface area contributed by atoms with Crippen LogP contribution in [0.2, 0.25) is 0 Å². The number of benzene rings is 1. The first-order valence-corrected chi connectivity index (χ1v) is 5.90. The van der Waals surface area contributed by atoms with Crippen LogP contribution in [-0.4, -0.2) is 23.1 Å². The first-order valence-electron chi connectivity index (χ1n) is 5.90. The van der Waals surface area contributed by atoms with Gasteiger partial charge in [-0.1, -0.05) is 18.2 Å². The van der Waals surface area contributed by atoms with Gasteiger partial charge in [0, 0.05) is 5.56 Å². The molecule has 3 heteroatoms. The Kier molecular flexibility index (Phi) is 1.56. The molecule has 4 rings (SSSR count). The van der Waals surface area contributed by atoms with Crippen LogP contribution in [0.15, 0.2) is 30.3 Å². The number of carbonyl (C=O) groups excluding carboxylic acids is 1. The van der Waals surface area contributed by atoms with Gasteiger partial charge < -0.3 is 0 Å². The first kappa shape index (κ1) is 8.76. The smallest absolute Gasteiger partial charge is 0.267 e. The van der Waals surface area contributed by atoms with Crippen LogP contribution in [0.25, 0.3) is 0 Å². The Morgan fingerprint density at radius 2 is 2.00 bits per heavy atom. The largest absolute Gasteiger partial charge is 0.277 e. The van der Waals surface area contributed by atoms with Crippen LogP contribution in [0.1, 0.15) is 23.2 Å². The first-order chi connectivity index (χ1) is 7.84. The summed E-state index contributed by atoms with van der Waals surface area (Å²) >= 11 is 0. The van der Waals surface area contributed by atoms with Crippen molar-refractivity contribution in [1.82, 2.24) is 5.06 Å². The molecule has 0 aromatic heterocycles. The van der Waals surface area contributed by atoms with Crippen LogP contribution in [0, 0.1) is 11.8 Å². The zero-order chi connectivity index (χ0) is 10.7. The van der Waals surface area contributed by atoms with Gasteiger partial charge in [-0.2, -0.15) is 0 Å². The molecule has 1 heterocycles. The molecule has 1 amide bonds. The highest BCUT2D eigenvalue weighted by Gasteiger charge is 2.63. The van der Waals surface area contributed by atoms with Crippen LogP contribution in [-0.2, 0) is 4.84 Å². The molecule has 1 aromatic rings. The predicted octanol–water partition coefficient (Wildman–Crippen LogP) is 1.85. The van der Waals surface area contributed by atoms with Crippen molar-refractivity contribution in [1.29, 1.82) is 0 Å². The third-order valence-corrected chi connectivity index (χ3v) is 4.11. The SMILES string of the molecule is O=C(c1ccccc1)N1O[C@H]2C[C@@H]1[C@@H]1C[C@@H]12. The summed E-state index contributed by atoms with van der Waals surface area (Å²) in [7, 11) is 0. The number of fused-ring (bicyclic) bond motifs is 5. The molecule has 3 fully saturated rings. The number of nitrogens with zero attached hydrogens (tertiary/aromatic N) is 1. The minimum atomic E-state index is 0.0263. The zero-order valence-electron chi connectivity index (χ0n) is 8.87. The van der Waals surface area contributed by atoms with Gasteiger partial charge >= 0.3 is 0 Å². The molecule has 2 bridgehead atoms. The lowest BCUT2D eigenvalue weighted by atomic mass is 10.1. The lowest BCUT2D eigenvalue weighted by molar-refractivity contribution is -0.152. The number of amides is 1. The Hall–Kier alpha value is -1.35. The standard InChI is InChI=1S/C13H13NO2/c15-13(8-4-2-1-3-5-8)14-11-7-12(16-14)10-6-9(10)11/h1-5,9-12H,6-7H2/t9-,10+,11-,12+/m1/s1. The molecule has 0 unspecified atom stereocenters. The Labute approximate surface area is 94.0 Å². The number of hydrogen-bond donors (Lipinski definition) is 0. The van der Waals surface area contributed by atoms with E-state index in [1.165, 1.54) is 6.42 Å². The van der Waals surface area contributed by atoms with Gasteiger partial charge in [-0.25, -0.2) is 5.06 Å². The van der Waals surface area contributed by atoms with Crippen molar-refractivity contribution >= 4 is 5.91 Å². The highest BCUT2D eigenvalue weighted by Crippen LogP contribution is 2.59. The van der Waals surface area contributed by atoms with E-state index in [0.29, 0.717) is 12.1 Å². The van der Waals surface area contributed by atoms with Crippen molar-refractivity contribution < 1.29 is 9.63 Å². The van der Waals surface area contributed by atoms with Crippen molar-refractivity contribution in [3.8, 4) is 0 Å². The fraction of sp³-hybridized carbons (Fsp3) is 0.462. The lowest BCUT2D eigenvalue weighted by Gasteiger charge is -2.25. The van der Waals surface area contributed by atoms with E-state index in [4.69, 9.17) is 4.84 Å².